The van der Waals surface area contributed by atoms with Crippen molar-refractivity contribution in [2.75, 3.05) is 58.3 Å². The molecule has 2 aromatic heterocycles. The fraction of sp³-hybridized carbons (Fsp3) is 0.600. The van der Waals surface area contributed by atoms with E-state index in [0.29, 0.717) is 49.8 Å². The van der Waals surface area contributed by atoms with Crippen molar-refractivity contribution < 1.29 is 14.0 Å². The first-order valence-electron chi connectivity index (χ1n) is 10.2. The molecular weight excluding hydrogens is 372 g/mol. The number of nitrogens with zero attached hydrogens (tertiary/aromatic N) is 6. The fourth-order valence-electron chi connectivity index (χ4n) is 4.10. The van der Waals surface area contributed by atoms with Gasteiger partial charge in [-0.05, 0) is 30.9 Å². The molecule has 2 aromatic rings. The minimum Gasteiger partial charge on any atom is -0.422 e. The summed E-state index contributed by atoms with van der Waals surface area (Å²) in [5, 5.41) is 0. The molecule has 9 nitrogen and oxygen atoms in total. The van der Waals surface area contributed by atoms with Gasteiger partial charge in [0, 0.05) is 66.0 Å². The third kappa shape index (κ3) is 4.28. The zero-order valence-electron chi connectivity index (χ0n) is 17.1. The Bertz CT molecular complexity index is 841. The highest BCUT2D eigenvalue weighted by Crippen LogP contribution is 2.27. The third-order valence-corrected chi connectivity index (χ3v) is 5.69. The van der Waals surface area contributed by atoms with E-state index in [1.54, 1.807) is 30.1 Å². The van der Waals surface area contributed by atoms with Gasteiger partial charge in [-0.1, -0.05) is 0 Å². The van der Waals surface area contributed by atoms with E-state index in [1.807, 2.05) is 17.0 Å². The maximum atomic E-state index is 12.8. The summed E-state index contributed by atoms with van der Waals surface area (Å²) in [7, 11) is 3.50. The van der Waals surface area contributed by atoms with Crippen molar-refractivity contribution in [2.45, 2.75) is 19.3 Å². The molecule has 0 aromatic carbocycles. The summed E-state index contributed by atoms with van der Waals surface area (Å²) in [5.74, 6) is 0.452. The molecule has 9 heteroatoms. The molecule has 0 aliphatic carbocycles. The number of pyridine rings is 1. The number of hydrogen-bond donors (Lipinski definition) is 0. The van der Waals surface area contributed by atoms with E-state index >= 15 is 0 Å². The van der Waals surface area contributed by atoms with Crippen LogP contribution in [0.25, 0.3) is 11.2 Å². The van der Waals surface area contributed by atoms with Gasteiger partial charge in [0.1, 0.15) is 0 Å². The first kappa shape index (κ1) is 19.5. The molecule has 1 atom stereocenters. The molecule has 0 N–H and O–H groups in total. The number of amides is 3. The summed E-state index contributed by atoms with van der Waals surface area (Å²) in [5.41, 5.74) is 1.30. The highest BCUT2D eigenvalue weighted by atomic mass is 16.4. The Morgan fingerprint density at radius 3 is 2.66 bits per heavy atom. The van der Waals surface area contributed by atoms with Gasteiger partial charge < -0.3 is 24.0 Å². The normalized spacial score (nSPS) is 20.2. The van der Waals surface area contributed by atoms with E-state index in [9.17, 15) is 9.59 Å². The fourth-order valence-corrected chi connectivity index (χ4v) is 4.10. The average Bonchev–Trinajstić information content (AvgIpc) is 3.18. The second-order valence-corrected chi connectivity index (χ2v) is 8.02. The van der Waals surface area contributed by atoms with E-state index in [1.165, 1.54) is 0 Å². The Morgan fingerprint density at radius 1 is 1.17 bits per heavy atom. The summed E-state index contributed by atoms with van der Waals surface area (Å²) in [6.45, 7) is 4.03. The molecule has 2 aliphatic rings. The van der Waals surface area contributed by atoms with E-state index in [0.717, 1.165) is 25.9 Å². The van der Waals surface area contributed by atoms with Crippen molar-refractivity contribution in [3.63, 3.8) is 0 Å². The maximum absolute atomic E-state index is 12.8. The number of rotatable bonds is 3. The van der Waals surface area contributed by atoms with Crippen LogP contribution >= 0.6 is 0 Å². The van der Waals surface area contributed by atoms with Crippen LogP contribution in [0, 0.1) is 5.92 Å². The third-order valence-electron chi connectivity index (χ3n) is 5.69. The quantitative estimate of drug-likeness (QED) is 0.779. The second-order valence-electron chi connectivity index (χ2n) is 8.02. The van der Waals surface area contributed by atoms with Crippen LogP contribution in [0.15, 0.2) is 22.7 Å². The van der Waals surface area contributed by atoms with E-state index in [-0.39, 0.29) is 17.9 Å². The lowest BCUT2D eigenvalue weighted by Crippen LogP contribution is -2.53. The van der Waals surface area contributed by atoms with Gasteiger partial charge in [-0.2, -0.15) is 4.98 Å². The molecule has 4 heterocycles. The molecule has 29 heavy (non-hydrogen) atoms. The van der Waals surface area contributed by atoms with Crippen LogP contribution in [0.2, 0.25) is 0 Å². The number of oxazole rings is 1. The summed E-state index contributed by atoms with van der Waals surface area (Å²) in [6, 6.07) is 4.30. The van der Waals surface area contributed by atoms with Gasteiger partial charge in [0.2, 0.25) is 11.6 Å². The monoisotopic (exact) mass is 400 g/mol. The number of piperidine rings is 1. The van der Waals surface area contributed by atoms with Crippen LogP contribution in [0.4, 0.5) is 10.8 Å². The van der Waals surface area contributed by atoms with Crippen molar-refractivity contribution in [2.24, 2.45) is 5.92 Å². The predicted molar refractivity (Wildman–Crippen MR) is 109 cm³/mol. The number of aromatic nitrogens is 2. The minimum atomic E-state index is 0.00726. The number of hydrogen-bond acceptors (Lipinski definition) is 6. The van der Waals surface area contributed by atoms with Crippen molar-refractivity contribution in [3.05, 3.63) is 18.3 Å². The highest BCUT2D eigenvalue weighted by molar-refractivity contribution is 5.78. The smallest absolute Gasteiger partial charge is 0.319 e. The van der Waals surface area contributed by atoms with Gasteiger partial charge in [-0.15, -0.1) is 0 Å². The number of urea groups is 1. The van der Waals surface area contributed by atoms with Crippen molar-refractivity contribution >= 4 is 29.2 Å². The van der Waals surface area contributed by atoms with Crippen molar-refractivity contribution in [3.8, 4) is 0 Å². The summed E-state index contributed by atoms with van der Waals surface area (Å²) < 4.78 is 5.85. The highest BCUT2D eigenvalue weighted by Gasteiger charge is 2.29. The molecule has 4 rings (SSSR count). The van der Waals surface area contributed by atoms with Gasteiger partial charge in [-0.3, -0.25) is 4.79 Å². The predicted octanol–water partition coefficient (Wildman–Crippen LogP) is 1.66. The largest absolute Gasteiger partial charge is 0.422 e. The Hall–Kier alpha value is -2.84. The van der Waals surface area contributed by atoms with Gasteiger partial charge in [0.05, 0.1) is 0 Å². The molecule has 0 saturated carbocycles. The number of carbonyl (C=O) groups is 2. The number of carbonyl (C=O) groups excluding carboxylic acids is 2. The first-order valence-corrected chi connectivity index (χ1v) is 10.2. The Kier molecular flexibility index (Phi) is 5.55. The molecule has 0 spiro atoms. The molecule has 156 valence electrons. The van der Waals surface area contributed by atoms with Gasteiger partial charge in [-0.25, -0.2) is 9.78 Å². The Labute approximate surface area is 170 Å². The maximum Gasteiger partial charge on any atom is 0.319 e. The molecule has 0 radical (unpaired) electrons. The molecule has 0 bridgehead atoms. The second kappa shape index (κ2) is 8.26. The van der Waals surface area contributed by atoms with Crippen LogP contribution in [-0.4, -0.2) is 90.0 Å². The van der Waals surface area contributed by atoms with E-state index in [2.05, 4.69) is 14.9 Å². The zero-order valence-corrected chi connectivity index (χ0v) is 17.1. The van der Waals surface area contributed by atoms with Crippen LogP contribution in [-0.2, 0) is 4.79 Å². The lowest BCUT2D eigenvalue weighted by molar-refractivity contribution is -0.133. The average molecular weight is 400 g/mol. The van der Waals surface area contributed by atoms with Crippen molar-refractivity contribution in [1.29, 1.82) is 0 Å². The van der Waals surface area contributed by atoms with Gasteiger partial charge in [0.15, 0.2) is 5.58 Å². The molecule has 2 aliphatic heterocycles. The summed E-state index contributed by atoms with van der Waals surface area (Å²) in [6.07, 6.45) is 4.27. The van der Waals surface area contributed by atoms with Gasteiger partial charge >= 0.3 is 6.03 Å². The molecule has 3 amide bonds. The Morgan fingerprint density at radius 2 is 1.93 bits per heavy atom. The molecular formula is C20H28N6O3. The standard InChI is InChI=1S/C20H28N6O3/c1-23(2)20(28)25-11-9-24(10-12-25)17(27)13-15-5-4-8-26(14-15)19-22-18-16(29-19)6-3-7-21-18/h3,6-7,15H,4-5,8-14H2,1-2H3. The molecule has 2 fully saturated rings. The zero-order chi connectivity index (χ0) is 20.4. The van der Waals surface area contributed by atoms with Crippen molar-refractivity contribution in [1.82, 2.24) is 24.7 Å². The first-order chi connectivity index (χ1) is 14.0. The lowest BCUT2D eigenvalue weighted by atomic mass is 9.94. The van der Waals surface area contributed by atoms with Gasteiger partial charge in [0.25, 0.3) is 6.01 Å². The van der Waals surface area contributed by atoms with Crippen LogP contribution in [0.1, 0.15) is 19.3 Å². The SMILES string of the molecule is CN(C)C(=O)N1CCN(C(=O)CC2CCCN(c3nc4ncccc4o3)C2)CC1. The van der Waals surface area contributed by atoms with Crippen LogP contribution in [0.3, 0.4) is 0 Å². The number of piperazine rings is 1. The number of anilines is 1. The van der Waals surface area contributed by atoms with E-state index < -0.39 is 0 Å². The Balaban J connectivity index is 1.31. The topological polar surface area (TPSA) is 86.0 Å². The summed E-state index contributed by atoms with van der Waals surface area (Å²) in [4.78, 5) is 41.0. The van der Waals surface area contributed by atoms with E-state index in [4.69, 9.17) is 4.42 Å². The minimum absolute atomic E-state index is 0.00726. The summed E-state index contributed by atoms with van der Waals surface area (Å²) >= 11 is 0. The lowest BCUT2D eigenvalue weighted by Gasteiger charge is -2.37. The van der Waals surface area contributed by atoms with Crippen LogP contribution < -0.4 is 4.90 Å². The van der Waals surface area contributed by atoms with Crippen LogP contribution in [0.5, 0.6) is 0 Å². The molecule has 1 unspecified atom stereocenters. The molecule has 2 saturated heterocycles. The number of fused-ring (bicyclic) bond motifs is 1.